The van der Waals surface area contributed by atoms with Gasteiger partial charge in [0.05, 0.1) is 19.3 Å². The van der Waals surface area contributed by atoms with Crippen LogP contribution in [0.25, 0.3) is 0 Å². The molecule has 3 heterocycles. The molecule has 100 valence electrons. The average Bonchev–Trinajstić information content (AvgIpc) is 2.87. The lowest BCUT2D eigenvalue weighted by atomic mass is 9.96. The van der Waals surface area contributed by atoms with Gasteiger partial charge in [-0.2, -0.15) is 0 Å². The highest BCUT2D eigenvalue weighted by atomic mass is 16.7. The number of carbonyl (C=O) groups is 1. The molecule has 2 fully saturated rings. The summed E-state index contributed by atoms with van der Waals surface area (Å²) in [6.45, 7) is 3.62. The van der Waals surface area contributed by atoms with Crippen molar-refractivity contribution in [2.45, 2.75) is 31.1 Å². The summed E-state index contributed by atoms with van der Waals surface area (Å²) in [5, 5.41) is 3.29. The smallest absolute Gasteiger partial charge is 0.240 e. The van der Waals surface area contributed by atoms with Crippen LogP contribution in [-0.4, -0.2) is 55.5 Å². The summed E-state index contributed by atoms with van der Waals surface area (Å²) in [6, 6.07) is -0.164. The maximum atomic E-state index is 12.4. The predicted octanol–water partition coefficient (Wildman–Crippen LogP) is 0.270. The molecule has 0 radical (unpaired) electrons. The van der Waals surface area contributed by atoms with Gasteiger partial charge in [0.25, 0.3) is 0 Å². The Labute approximate surface area is 107 Å². The number of nitrogens with one attached hydrogen (secondary N) is 1. The normalized spacial score (nSPS) is 30.9. The Morgan fingerprint density at radius 3 is 2.89 bits per heavy atom. The predicted molar refractivity (Wildman–Crippen MR) is 66.0 cm³/mol. The SMILES string of the molecule is O=C(C1CC2(CCN1)OCCO2)N1CC=CCC1. The Bertz CT molecular complexity index is 350. The molecule has 0 aromatic carbocycles. The molecule has 0 aromatic heterocycles. The van der Waals surface area contributed by atoms with E-state index in [0.717, 1.165) is 32.5 Å². The van der Waals surface area contributed by atoms with Crippen molar-refractivity contribution in [1.29, 1.82) is 0 Å². The van der Waals surface area contributed by atoms with Crippen LogP contribution in [0.5, 0.6) is 0 Å². The third-order valence-electron chi connectivity index (χ3n) is 3.89. The van der Waals surface area contributed by atoms with Crippen LogP contribution in [-0.2, 0) is 14.3 Å². The third kappa shape index (κ3) is 2.30. The van der Waals surface area contributed by atoms with Gasteiger partial charge in [0, 0.05) is 32.5 Å². The van der Waals surface area contributed by atoms with Gasteiger partial charge in [0.15, 0.2) is 5.79 Å². The van der Waals surface area contributed by atoms with E-state index in [4.69, 9.17) is 9.47 Å². The molecule has 1 atom stereocenters. The van der Waals surface area contributed by atoms with Crippen molar-refractivity contribution in [3.8, 4) is 0 Å². The zero-order valence-electron chi connectivity index (χ0n) is 10.6. The summed E-state index contributed by atoms with van der Waals surface area (Å²) in [5.74, 6) is -0.325. The number of rotatable bonds is 1. The number of hydrogen-bond acceptors (Lipinski definition) is 4. The number of carbonyl (C=O) groups excluding carboxylic acids is 1. The molecule has 0 aromatic rings. The molecule has 5 nitrogen and oxygen atoms in total. The van der Waals surface area contributed by atoms with E-state index in [0.29, 0.717) is 19.6 Å². The van der Waals surface area contributed by atoms with Crippen molar-refractivity contribution < 1.29 is 14.3 Å². The zero-order chi connectivity index (χ0) is 12.4. The topological polar surface area (TPSA) is 50.8 Å². The molecule has 1 unspecified atom stereocenters. The van der Waals surface area contributed by atoms with Crippen LogP contribution in [0.3, 0.4) is 0 Å². The molecule has 0 saturated carbocycles. The van der Waals surface area contributed by atoms with Gasteiger partial charge in [0.1, 0.15) is 0 Å². The molecule has 1 N–H and O–H groups in total. The van der Waals surface area contributed by atoms with Gasteiger partial charge in [-0.05, 0) is 6.42 Å². The molecule has 1 amide bonds. The quantitative estimate of drug-likeness (QED) is 0.681. The molecule has 2 saturated heterocycles. The lowest BCUT2D eigenvalue weighted by Crippen LogP contribution is -2.56. The fourth-order valence-electron chi connectivity index (χ4n) is 2.92. The van der Waals surface area contributed by atoms with Crippen molar-refractivity contribution >= 4 is 5.91 Å². The summed E-state index contributed by atoms with van der Waals surface area (Å²) < 4.78 is 11.4. The van der Waals surface area contributed by atoms with Crippen molar-refractivity contribution in [3.05, 3.63) is 12.2 Å². The molecular formula is C13H20N2O3. The first-order valence-electron chi connectivity index (χ1n) is 6.74. The summed E-state index contributed by atoms with van der Waals surface area (Å²) in [5.41, 5.74) is 0. The van der Waals surface area contributed by atoms with Crippen LogP contribution in [0.15, 0.2) is 12.2 Å². The number of hydrogen-bond donors (Lipinski definition) is 1. The Kier molecular flexibility index (Phi) is 3.37. The van der Waals surface area contributed by atoms with Crippen molar-refractivity contribution in [2.75, 3.05) is 32.8 Å². The summed E-state index contributed by atoms with van der Waals surface area (Å²) in [6.07, 6.45) is 6.60. The largest absolute Gasteiger partial charge is 0.347 e. The van der Waals surface area contributed by atoms with E-state index in [9.17, 15) is 4.79 Å². The van der Waals surface area contributed by atoms with Crippen molar-refractivity contribution in [1.82, 2.24) is 10.2 Å². The summed E-state index contributed by atoms with van der Waals surface area (Å²) >= 11 is 0. The van der Waals surface area contributed by atoms with Gasteiger partial charge in [-0.15, -0.1) is 0 Å². The highest BCUT2D eigenvalue weighted by Crippen LogP contribution is 2.31. The van der Waals surface area contributed by atoms with Crippen LogP contribution in [0.1, 0.15) is 19.3 Å². The molecule has 1 spiro atoms. The number of nitrogens with zero attached hydrogens (tertiary/aromatic N) is 1. The van der Waals surface area contributed by atoms with Gasteiger partial charge >= 0.3 is 0 Å². The van der Waals surface area contributed by atoms with Crippen molar-refractivity contribution in [3.63, 3.8) is 0 Å². The number of ether oxygens (including phenoxy) is 2. The van der Waals surface area contributed by atoms with E-state index in [-0.39, 0.29) is 11.9 Å². The van der Waals surface area contributed by atoms with E-state index in [2.05, 4.69) is 17.5 Å². The monoisotopic (exact) mass is 252 g/mol. The molecule has 5 heteroatoms. The molecule has 3 rings (SSSR count). The summed E-state index contributed by atoms with van der Waals surface area (Å²) in [4.78, 5) is 14.3. The minimum absolute atomic E-state index is 0.164. The lowest BCUT2D eigenvalue weighted by molar-refractivity contribution is -0.184. The second kappa shape index (κ2) is 4.99. The van der Waals surface area contributed by atoms with E-state index >= 15 is 0 Å². The van der Waals surface area contributed by atoms with E-state index < -0.39 is 5.79 Å². The molecule has 0 bridgehead atoms. The first-order chi connectivity index (χ1) is 8.79. The first kappa shape index (κ1) is 12.1. The summed E-state index contributed by atoms with van der Waals surface area (Å²) in [7, 11) is 0. The lowest BCUT2D eigenvalue weighted by Gasteiger charge is -2.38. The van der Waals surface area contributed by atoms with Gasteiger partial charge < -0.3 is 19.7 Å². The molecule has 18 heavy (non-hydrogen) atoms. The number of piperidine rings is 1. The van der Waals surface area contributed by atoms with Crippen LogP contribution in [0, 0.1) is 0 Å². The minimum Gasteiger partial charge on any atom is -0.347 e. The van der Waals surface area contributed by atoms with Crippen molar-refractivity contribution in [2.24, 2.45) is 0 Å². The second-order valence-electron chi connectivity index (χ2n) is 5.11. The average molecular weight is 252 g/mol. The van der Waals surface area contributed by atoms with E-state index in [1.165, 1.54) is 0 Å². The zero-order valence-corrected chi connectivity index (χ0v) is 10.6. The van der Waals surface area contributed by atoms with Gasteiger partial charge in [-0.25, -0.2) is 0 Å². The van der Waals surface area contributed by atoms with Crippen LogP contribution < -0.4 is 5.32 Å². The fraction of sp³-hybridized carbons (Fsp3) is 0.769. The molecule has 0 aliphatic carbocycles. The maximum absolute atomic E-state index is 12.4. The maximum Gasteiger partial charge on any atom is 0.240 e. The standard InChI is InChI=1S/C13H20N2O3/c16-12(15-6-2-1-3-7-15)11-10-13(4-5-14-11)17-8-9-18-13/h1-2,11,14H,3-10H2. The third-order valence-corrected chi connectivity index (χ3v) is 3.89. The highest BCUT2D eigenvalue weighted by Gasteiger charge is 2.44. The first-order valence-corrected chi connectivity index (χ1v) is 6.74. The van der Waals surface area contributed by atoms with E-state index in [1.807, 2.05) is 4.90 Å². The fourth-order valence-corrected chi connectivity index (χ4v) is 2.92. The van der Waals surface area contributed by atoms with E-state index in [1.54, 1.807) is 0 Å². The highest BCUT2D eigenvalue weighted by molar-refractivity contribution is 5.82. The second-order valence-corrected chi connectivity index (χ2v) is 5.11. The van der Waals surface area contributed by atoms with Gasteiger partial charge in [-0.1, -0.05) is 12.2 Å². The van der Waals surface area contributed by atoms with Gasteiger partial charge in [0.2, 0.25) is 5.91 Å². The Balaban J connectivity index is 1.64. The molecule has 3 aliphatic heterocycles. The number of amides is 1. The minimum atomic E-state index is -0.503. The van der Waals surface area contributed by atoms with Crippen LogP contribution in [0.4, 0.5) is 0 Å². The van der Waals surface area contributed by atoms with Crippen LogP contribution >= 0.6 is 0 Å². The van der Waals surface area contributed by atoms with Crippen LogP contribution in [0.2, 0.25) is 0 Å². The Morgan fingerprint density at radius 2 is 2.17 bits per heavy atom. The molecular weight excluding hydrogens is 232 g/mol. The van der Waals surface area contributed by atoms with Gasteiger partial charge in [-0.3, -0.25) is 4.79 Å². The Morgan fingerprint density at radius 1 is 1.33 bits per heavy atom. The molecule has 3 aliphatic rings. The Hall–Kier alpha value is -0.910.